The van der Waals surface area contributed by atoms with E-state index in [2.05, 4.69) is 56.6 Å². The minimum atomic E-state index is 0.785. The maximum Gasteiger partial charge on any atom is 0.161 e. The second-order valence-corrected chi connectivity index (χ2v) is 5.70. The molecule has 0 saturated heterocycles. The van der Waals surface area contributed by atoms with Crippen LogP contribution in [-0.2, 0) is 0 Å². The predicted octanol–water partition coefficient (Wildman–Crippen LogP) is 4.06. The zero-order valence-electron chi connectivity index (χ0n) is 13.4. The number of aryl methyl sites for hydroxylation is 2. The molecule has 1 N–H and O–H groups in total. The molecule has 2 aromatic heterocycles. The van der Waals surface area contributed by atoms with Gasteiger partial charge in [0, 0.05) is 42.2 Å². The molecule has 0 aliphatic carbocycles. The third kappa shape index (κ3) is 2.86. The third-order valence-corrected chi connectivity index (χ3v) is 3.60. The summed E-state index contributed by atoms with van der Waals surface area (Å²) < 4.78 is 0. The van der Waals surface area contributed by atoms with E-state index in [0.717, 1.165) is 33.8 Å². The summed E-state index contributed by atoms with van der Waals surface area (Å²) in [6.45, 7) is 3.97. The molecule has 4 heteroatoms. The van der Waals surface area contributed by atoms with Crippen LogP contribution in [0.5, 0.6) is 0 Å². The molecule has 0 bridgehead atoms. The number of nitrogens with zero attached hydrogens (tertiary/aromatic N) is 3. The van der Waals surface area contributed by atoms with Crippen LogP contribution in [0.3, 0.4) is 0 Å². The summed E-state index contributed by atoms with van der Waals surface area (Å²) in [4.78, 5) is 11.1. The Morgan fingerprint density at radius 3 is 2.23 bits per heavy atom. The van der Waals surface area contributed by atoms with E-state index >= 15 is 0 Å². The minimum Gasteiger partial charge on any atom is -0.378 e. The maximum absolute atomic E-state index is 4.52. The van der Waals surface area contributed by atoms with E-state index in [0.29, 0.717) is 0 Å². The monoisotopic (exact) mass is 292 g/mol. The summed E-state index contributed by atoms with van der Waals surface area (Å²) in [6.07, 6.45) is 0. The Morgan fingerprint density at radius 1 is 0.864 bits per heavy atom. The highest BCUT2D eigenvalue weighted by Crippen LogP contribution is 2.26. The first-order valence-electron chi connectivity index (χ1n) is 7.32. The summed E-state index contributed by atoms with van der Waals surface area (Å²) in [5.41, 5.74) is 5.99. The van der Waals surface area contributed by atoms with Gasteiger partial charge in [-0.3, -0.25) is 0 Å². The summed E-state index contributed by atoms with van der Waals surface area (Å²) in [7, 11) is 4.08. The van der Waals surface area contributed by atoms with E-state index < -0.39 is 0 Å². The first kappa shape index (κ1) is 14.3. The number of hydrogen-bond donors (Lipinski definition) is 1. The molecule has 0 aliphatic rings. The van der Waals surface area contributed by atoms with Crippen molar-refractivity contribution in [1.29, 1.82) is 0 Å². The fourth-order valence-electron chi connectivity index (χ4n) is 2.43. The Hall–Kier alpha value is -2.62. The summed E-state index contributed by atoms with van der Waals surface area (Å²) in [5.74, 6) is 0. The lowest BCUT2D eigenvalue weighted by Gasteiger charge is -2.14. The highest BCUT2D eigenvalue weighted by Gasteiger charge is 2.06. The molecule has 4 nitrogen and oxygen atoms in total. The molecule has 0 fully saturated rings. The van der Waals surface area contributed by atoms with Gasteiger partial charge in [0.05, 0.1) is 5.69 Å². The molecule has 0 spiro atoms. The average molecular weight is 292 g/mol. The van der Waals surface area contributed by atoms with Gasteiger partial charge in [-0.05, 0) is 56.3 Å². The van der Waals surface area contributed by atoms with Gasteiger partial charge in [-0.1, -0.05) is 0 Å². The van der Waals surface area contributed by atoms with E-state index in [4.69, 9.17) is 0 Å². The van der Waals surface area contributed by atoms with Gasteiger partial charge in [-0.2, -0.15) is 0 Å². The lowest BCUT2D eigenvalue weighted by Crippen LogP contribution is -2.08. The van der Waals surface area contributed by atoms with Gasteiger partial charge in [0.2, 0.25) is 0 Å². The van der Waals surface area contributed by atoms with E-state index in [1.807, 2.05) is 34.0 Å². The number of anilines is 3. The van der Waals surface area contributed by atoms with Crippen LogP contribution in [0.2, 0.25) is 0 Å². The topological polar surface area (TPSA) is 41.0 Å². The molecule has 1 aromatic carbocycles. The molecule has 0 aliphatic heterocycles. The van der Waals surface area contributed by atoms with Gasteiger partial charge < -0.3 is 10.2 Å². The van der Waals surface area contributed by atoms with E-state index in [1.165, 1.54) is 5.69 Å². The van der Waals surface area contributed by atoms with Gasteiger partial charge in [-0.15, -0.1) is 0 Å². The number of fused-ring (bicyclic) bond motifs is 1. The fourth-order valence-corrected chi connectivity index (χ4v) is 2.43. The SMILES string of the molecule is Cc1ccc2c(Nc3ccc(N(C)C)cc3)cc(C)nc2n1. The molecule has 0 saturated carbocycles. The van der Waals surface area contributed by atoms with Crippen LogP contribution in [0.1, 0.15) is 11.4 Å². The number of aromatic nitrogens is 2. The number of pyridine rings is 2. The van der Waals surface area contributed by atoms with Crippen LogP contribution in [0.4, 0.5) is 17.1 Å². The van der Waals surface area contributed by atoms with Crippen LogP contribution < -0.4 is 10.2 Å². The molecule has 3 rings (SSSR count). The first-order valence-corrected chi connectivity index (χ1v) is 7.32. The van der Waals surface area contributed by atoms with Crippen LogP contribution in [0.15, 0.2) is 42.5 Å². The molecule has 0 atom stereocenters. The molecular formula is C18H20N4. The summed E-state index contributed by atoms with van der Waals surface area (Å²) in [6, 6.07) is 14.5. The quantitative estimate of drug-likeness (QED) is 0.790. The van der Waals surface area contributed by atoms with Crippen molar-refractivity contribution in [3.63, 3.8) is 0 Å². The minimum absolute atomic E-state index is 0.785. The lowest BCUT2D eigenvalue weighted by molar-refractivity contribution is 1.13. The fraction of sp³-hybridized carbons (Fsp3) is 0.222. The Kier molecular flexibility index (Phi) is 3.67. The highest BCUT2D eigenvalue weighted by molar-refractivity contribution is 5.91. The van der Waals surface area contributed by atoms with Gasteiger partial charge in [0.1, 0.15) is 0 Å². The molecule has 3 aromatic rings. The third-order valence-electron chi connectivity index (χ3n) is 3.60. The second kappa shape index (κ2) is 5.64. The average Bonchev–Trinajstić information content (AvgIpc) is 2.47. The number of benzene rings is 1. The summed E-state index contributed by atoms with van der Waals surface area (Å²) >= 11 is 0. The van der Waals surface area contributed by atoms with Gasteiger partial charge in [0.15, 0.2) is 5.65 Å². The van der Waals surface area contributed by atoms with Crippen molar-refractivity contribution in [2.45, 2.75) is 13.8 Å². The van der Waals surface area contributed by atoms with Crippen molar-refractivity contribution in [2.75, 3.05) is 24.3 Å². The highest BCUT2D eigenvalue weighted by atomic mass is 15.1. The van der Waals surface area contributed by atoms with Crippen molar-refractivity contribution >= 4 is 28.1 Å². The van der Waals surface area contributed by atoms with Crippen molar-refractivity contribution in [2.24, 2.45) is 0 Å². The van der Waals surface area contributed by atoms with Crippen molar-refractivity contribution in [3.8, 4) is 0 Å². The van der Waals surface area contributed by atoms with Crippen LogP contribution >= 0.6 is 0 Å². The zero-order chi connectivity index (χ0) is 15.7. The lowest BCUT2D eigenvalue weighted by atomic mass is 10.2. The van der Waals surface area contributed by atoms with Crippen molar-refractivity contribution in [1.82, 2.24) is 9.97 Å². The molecule has 22 heavy (non-hydrogen) atoms. The first-order chi connectivity index (χ1) is 10.5. The van der Waals surface area contributed by atoms with E-state index in [1.54, 1.807) is 0 Å². The molecule has 112 valence electrons. The largest absolute Gasteiger partial charge is 0.378 e. The number of nitrogens with one attached hydrogen (secondary N) is 1. The zero-order valence-corrected chi connectivity index (χ0v) is 13.4. The molecular weight excluding hydrogens is 272 g/mol. The standard InChI is InChI=1S/C18H20N4/c1-12-5-10-16-17(11-13(2)20-18(16)19-12)21-14-6-8-15(9-7-14)22(3)4/h5-11H,1-4H3,(H,19,20,21). The van der Waals surface area contributed by atoms with Gasteiger partial charge >= 0.3 is 0 Å². The van der Waals surface area contributed by atoms with Gasteiger partial charge in [-0.25, -0.2) is 9.97 Å². The number of hydrogen-bond acceptors (Lipinski definition) is 4. The Balaban J connectivity index is 1.99. The molecule has 0 amide bonds. The van der Waals surface area contributed by atoms with Crippen LogP contribution in [0, 0.1) is 13.8 Å². The van der Waals surface area contributed by atoms with Gasteiger partial charge in [0.25, 0.3) is 0 Å². The summed E-state index contributed by atoms with van der Waals surface area (Å²) in [5, 5.41) is 4.51. The predicted molar refractivity (Wildman–Crippen MR) is 93.1 cm³/mol. The normalized spacial score (nSPS) is 10.7. The Labute approximate surface area is 130 Å². The smallest absolute Gasteiger partial charge is 0.161 e. The van der Waals surface area contributed by atoms with E-state index in [9.17, 15) is 0 Å². The molecule has 2 heterocycles. The Morgan fingerprint density at radius 2 is 1.55 bits per heavy atom. The second-order valence-electron chi connectivity index (χ2n) is 5.70. The van der Waals surface area contributed by atoms with Crippen molar-refractivity contribution < 1.29 is 0 Å². The number of rotatable bonds is 3. The van der Waals surface area contributed by atoms with E-state index in [-0.39, 0.29) is 0 Å². The van der Waals surface area contributed by atoms with Crippen LogP contribution in [0.25, 0.3) is 11.0 Å². The molecule has 0 radical (unpaired) electrons. The maximum atomic E-state index is 4.52. The van der Waals surface area contributed by atoms with Crippen molar-refractivity contribution in [3.05, 3.63) is 53.9 Å². The van der Waals surface area contributed by atoms with Crippen LogP contribution in [-0.4, -0.2) is 24.1 Å². The Bertz CT molecular complexity index is 802. The molecule has 0 unspecified atom stereocenters.